The van der Waals surface area contributed by atoms with E-state index in [1.807, 2.05) is 56.3 Å². The number of hydrogen-bond donors (Lipinski definition) is 2. The SMILES string of the molecule is Cc1nc2ccccc2n1CC(C)C(=O)NCCc1nc2ccc(Cl)cc2[nH]1. The highest BCUT2D eigenvalue weighted by Crippen LogP contribution is 2.18. The lowest BCUT2D eigenvalue weighted by atomic mass is 10.1. The van der Waals surface area contributed by atoms with E-state index in [0.717, 1.165) is 33.7 Å². The standard InChI is InChI=1S/C21H22ClN5O/c1-13(12-27-14(2)24-17-5-3-4-6-19(17)27)21(28)23-10-9-20-25-16-8-7-15(22)11-18(16)26-20/h3-8,11,13H,9-10,12H2,1-2H3,(H,23,28)(H,25,26). The minimum absolute atomic E-state index is 0.0244. The highest BCUT2D eigenvalue weighted by Gasteiger charge is 2.16. The molecule has 0 saturated heterocycles. The molecule has 0 fully saturated rings. The van der Waals surface area contributed by atoms with Gasteiger partial charge in [0.2, 0.25) is 5.91 Å². The molecule has 2 heterocycles. The number of rotatable bonds is 6. The smallest absolute Gasteiger partial charge is 0.224 e. The number of fused-ring (bicyclic) bond motifs is 2. The molecule has 2 aromatic heterocycles. The first-order chi connectivity index (χ1) is 13.5. The predicted octanol–water partition coefficient (Wildman–Crippen LogP) is 3.87. The number of hydrogen-bond acceptors (Lipinski definition) is 3. The van der Waals surface area contributed by atoms with Crippen molar-refractivity contribution in [2.24, 2.45) is 5.92 Å². The largest absolute Gasteiger partial charge is 0.355 e. The van der Waals surface area contributed by atoms with E-state index in [2.05, 4.69) is 24.8 Å². The third-order valence-corrected chi connectivity index (χ3v) is 5.14. The van der Waals surface area contributed by atoms with Crippen molar-refractivity contribution in [3.63, 3.8) is 0 Å². The number of carbonyl (C=O) groups is 1. The maximum Gasteiger partial charge on any atom is 0.224 e. The van der Waals surface area contributed by atoms with Crippen LogP contribution < -0.4 is 5.32 Å². The summed E-state index contributed by atoms with van der Waals surface area (Å²) < 4.78 is 2.10. The molecule has 1 atom stereocenters. The zero-order chi connectivity index (χ0) is 19.7. The lowest BCUT2D eigenvalue weighted by molar-refractivity contribution is -0.124. The first-order valence-corrected chi connectivity index (χ1v) is 9.73. The molecule has 0 aliphatic rings. The Morgan fingerprint density at radius 1 is 1.21 bits per heavy atom. The van der Waals surface area contributed by atoms with Gasteiger partial charge < -0.3 is 14.9 Å². The molecule has 1 amide bonds. The molecule has 7 heteroatoms. The number of halogens is 1. The van der Waals surface area contributed by atoms with Gasteiger partial charge in [-0.3, -0.25) is 4.79 Å². The molecule has 1 unspecified atom stereocenters. The fraction of sp³-hybridized carbons (Fsp3) is 0.286. The second-order valence-electron chi connectivity index (χ2n) is 7.05. The number of para-hydroxylation sites is 2. The average molecular weight is 396 g/mol. The second kappa shape index (κ2) is 7.64. The predicted molar refractivity (Wildman–Crippen MR) is 111 cm³/mol. The van der Waals surface area contributed by atoms with Crippen LogP contribution in [0.3, 0.4) is 0 Å². The Balaban J connectivity index is 1.35. The zero-order valence-electron chi connectivity index (χ0n) is 15.9. The molecular weight excluding hydrogens is 374 g/mol. The minimum atomic E-state index is -0.161. The van der Waals surface area contributed by atoms with Crippen molar-refractivity contribution >= 4 is 39.6 Å². The Hall–Kier alpha value is -2.86. The number of imidazole rings is 2. The number of aromatic amines is 1. The van der Waals surface area contributed by atoms with Crippen molar-refractivity contribution in [1.29, 1.82) is 0 Å². The van der Waals surface area contributed by atoms with Crippen LogP contribution in [0.1, 0.15) is 18.6 Å². The highest BCUT2D eigenvalue weighted by molar-refractivity contribution is 6.31. The maximum absolute atomic E-state index is 12.5. The van der Waals surface area contributed by atoms with Crippen LogP contribution in [0, 0.1) is 12.8 Å². The van der Waals surface area contributed by atoms with Crippen LogP contribution in [-0.2, 0) is 17.8 Å². The molecule has 144 valence electrons. The topological polar surface area (TPSA) is 75.6 Å². The third kappa shape index (κ3) is 3.73. The molecule has 4 aromatic rings. The summed E-state index contributed by atoms with van der Waals surface area (Å²) >= 11 is 6.00. The molecular formula is C21H22ClN5O. The molecule has 2 aromatic carbocycles. The van der Waals surface area contributed by atoms with Gasteiger partial charge in [-0.25, -0.2) is 9.97 Å². The van der Waals surface area contributed by atoms with E-state index < -0.39 is 0 Å². The normalized spacial score (nSPS) is 12.5. The summed E-state index contributed by atoms with van der Waals surface area (Å²) in [6.07, 6.45) is 0.637. The van der Waals surface area contributed by atoms with Crippen LogP contribution in [0.15, 0.2) is 42.5 Å². The summed E-state index contributed by atoms with van der Waals surface area (Å²) in [7, 11) is 0. The summed E-state index contributed by atoms with van der Waals surface area (Å²) in [6.45, 7) is 5.03. The number of aromatic nitrogens is 4. The van der Waals surface area contributed by atoms with Crippen LogP contribution in [0.4, 0.5) is 0 Å². The molecule has 6 nitrogen and oxygen atoms in total. The van der Waals surface area contributed by atoms with Crippen LogP contribution in [0.5, 0.6) is 0 Å². The quantitative estimate of drug-likeness (QED) is 0.520. The number of nitrogens with zero attached hydrogens (tertiary/aromatic N) is 3. The fourth-order valence-corrected chi connectivity index (χ4v) is 3.59. The van der Waals surface area contributed by atoms with E-state index in [9.17, 15) is 4.79 Å². The molecule has 0 aliphatic carbocycles. The average Bonchev–Trinajstić information content (AvgIpc) is 3.21. The van der Waals surface area contributed by atoms with Gasteiger partial charge in [-0.15, -0.1) is 0 Å². The Morgan fingerprint density at radius 3 is 2.89 bits per heavy atom. The van der Waals surface area contributed by atoms with Crippen molar-refractivity contribution in [3.8, 4) is 0 Å². The number of amides is 1. The first-order valence-electron chi connectivity index (χ1n) is 9.35. The second-order valence-corrected chi connectivity index (χ2v) is 7.48. The Kier molecular flexibility index (Phi) is 5.05. The molecule has 0 spiro atoms. The van der Waals surface area contributed by atoms with Crippen molar-refractivity contribution < 1.29 is 4.79 Å². The van der Waals surface area contributed by atoms with Crippen molar-refractivity contribution in [3.05, 3.63) is 59.1 Å². The molecule has 0 bridgehead atoms. The number of H-pyrrole nitrogens is 1. The van der Waals surface area contributed by atoms with E-state index in [4.69, 9.17) is 11.6 Å². The van der Waals surface area contributed by atoms with E-state index in [1.165, 1.54) is 0 Å². The Morgan fingerprint density at radius 2 is 2.04 bits per heavy atom. The monoisotopic (exact) mass is 395 g/mol. The first kappa shape index (κ1) is 18.5. The summed E-state index contributed by atoms with van der Waals surface area (Å²) in [4.78, 5) is 24.9. The van der Waals surface area contributed by atoms with Crippen molar-refractivity contribution in [2.75, 3.05) is 6.54 Å². The minimum Gasteiger partial charge on any atom is -0.355 e. The lowest BCUT2D eigenvalue weighted by Crippen LogP contribution is -2.33. The van der Waals surface area contributed by atoms with Gasteiger partial charge in [0.05, 0.1) is 28.0 Å². The van der Waals surface area contributed by atoms with E-state index in [1.54, 1.807) is 0 Å². The molecule has 0 radical (unpaired) electrons. The number of aryl methyl sites for hydroxylation is 1. The van der Waals surface area contributed by atoms with Gasteiger partial charge in [-0.2, -0.15) is 0 Å². The summed E-state index contributed by atoms with van der Waals surface area (Å²) in [6, 6.07) is 13.5. The van der Waals surface area contributed by atoms with Gasteiger partial charge in [-0.05, 0) is 37.3 Å². The molecule has 0 saturated carbocycles. The lowest BCUT2D eigenvalue weighted by Gasteiger charge is -2.14. The van der Waals surface area contributed by atoms with Crippen LogP contribution in [0.25, 0.3) is 22.1 Å². The van der Waals surface area contributed by atoms with E-state index in [-0.39, 0.29) is 11.8 Å². The van der Waals surface area contributed by atoms with Crippen molar-refractivity contribution in [1.82, 2.24) is 24.8 Å². The molecule has 2 N–H and O–H groups in total. The van der Waals surface area contributed by atoms with E-state index >= 15 is 0 Å². The van der Waals surface area contributed by atoms with Gasteiger partial charge in [0.15, 0.2) is 0 Å². The Labute approximate surface area is 167 Å². The zero-order valence-corrected chi connectivity index (χ0v) is 16.6. The van der Waals surface area contributed by atoms with E-state index in [0.29, 0.717) is 24.5 Å². The van der Waals surface area contributed by atoms with Crippen LogP contribution in [-0.4, -0.2) is 32.0 Å². The van der Waals surface area contributed by atoms with Crippen LogP contribution in [0.2, 0.25) is 5.02 Å². The maximum atomic E-state index is 12.5. The number of nitrogens with one attached hydrogen (secondary N) is 2. The molecule has 28 heavy (non-hydrogen) atoms. The van der Waals surface area contributed by atoms with Gasteiger partial charge in [0, 0.05) is 24.5 Å². The Bertz CT molecular complexity index is 1150. The summed E-state index contributed by atoms with van der Waals surface area (Å²) in [5.74, 6) is 1.62. The third-order valence-electron chi connectivity index (χ3n) is 4.90. The van der Waals surface area contributed by atoms with Gasteiger partial charge >= 0.3 is 0 Å². The molecule has 4 rings (SSSR count). The van der Waals surface area contributed by atoms with Crippen LogP contribution >= 0.6 is 11.6 Å². The van der Waals surface area contributed by atoms with Gasteiger partial charge in [-0.1, -0.05) is 30.7 Å². The number of benzene rings is 2. The molecule has 0 aliphatic heterocycles. The highest BCUT2D eigenvalue weighted by atomic mass is 35.5. The van der Waals surface area contributed by atoms with Gasteiger partial charge in [0.25, 0.3) is 0 Å². The summed E-state index contributed by atoms with van der Waals surface area (Å²) in [5, 5.41) is 3.68. The fourth-order valence-electron chi connectivity index (χ4n) is 3.41. The van der Waals surface area contributed by atoms with Gasteiger partial charge in [0.1, 0.15) is 11.6 Å². The number of carbonyl (C=O) groups excluding carboxylic acids is 1. The summed E-state index contributed by atoms with van der Waals surface area (Å²) in [5.41, 5.74) is 3.80. The van der Waals surface area contributed by atoms with Crippen molar-refractivity contribution in [2.45, 2.75) is 26.8 Å².